The van der Waals surface area contributed by atoms with Gasteiger partial charge < -0.3 is 10.4 Å². The summed E-state index contributed by atoms with van der Waals surface area (Å²) >= 11 is 0. The quantitative estimate of drug-likeness (QED) is 0.618. The fraction of sp³-hybridized carbons (Fsp3) is 0.625. The highest BCUT2D eigenvalue weighted by molar-refractivity contribution is 5.90. The Balaban J connectivity index is 1.99. The Labute approximate surface area is 90.4 Å². The van der Waals surface area contributed by atoms with Crippen LogP contribution in [0.15, 0.2) is 0 Å². The van der Waals surface area contributed by atoms with Gasteiger partial charge in [0.2, 0.25) is 0 Å². The van der Waals surface area contributed by atoms with Crippen molar-refractivity contribution >= 4 is 11.9 Å². The molecule has 1 fully saturated rings. The summed E-state index contributed by atoms with van der Waals surface area (Å²) in [5, 5.41) is 24.0. The van der Waals surface area contributed by atoms with Gasteiger partial charge >= 0.3 is 5.97 Å². The summed E-state index contributed by atoms with van der Waals surface area (Å²) in [5.74, 6) is -1.96. The first-order chi connectivity index (χ1) is 7.68. The van der Waals surface area contributed by atoms with E-state index < -0.39 is 17.8 Å². The van der Waals surface area contributed by atoms with Gasteiger partial charge in [-0.1, -0.05) is 6.42 Å². The molecule has 0 saturated heterocycles. The molecule has 1 aliphatic rings. The maximum absolute atomic E-state index is 11.5. The van der Waals surface area contributed by atoms with Gasteiger partial charge in [0.25, 0.3) is 11.7 Å². The van der Waals surface area contributed by atoms with Crippen molar-refractivity contribution in [3.63, 3.8) is 0 Å². The third-order valence-corrected chi connectivity index (χ3v) is 2.70. The Hall–Kier alpha value is -1.99. The molecule has 0 aromatic carbocycles. The number of carbonyl (C=O) groups is 2. The molecule has 1 aliphatic carbocycles. The second-order valence-corrected chi connectivity index (χ2v) is 3.69. The topological polar surface area (TPSA) is 121 Å². The molecule has 0 unspecified atom stereocenters. The fourth-order valence-electron chi connectivity index (χ4n) is 1.92. The van der Waals surface area contributed by atoms with Gasteiger partial charge in [0.15, 0.2) is 0 Å². The van der Waals surface area contributed by atoms with Gasteiger partial charge in [0.1, 0.15) is 0 Å². The number of carboxylic acids is 1. The van der Waals surface area contributed by atoms with Crippen molar-refractivity contribution in [3.05, 3.63) is 5.82 Å². The lowest BCUT2D eigenvalue weighted by Gasteiger charge is -2.16. The van der Waals surface area contributed by atoms with Crippen LogP contribution in [0.4, 0.5) is 0 Å². The average molecular weight is 225 g/mol. The fourth-order valence-corrected chi connectivity index (χ4v) is 1.92. The van der Waals surface area contributed by atoms with E-state index in [-0.39, 0.29) is 11.9 Å². The standard InChI is InChI=1S/C8H11N5O3/c14-7(6-10-12-13-11-6)9-5-3-1-2-4(5)8(15)16/h4-5H,1-3H2,(H,9,14)(H,15,16)(H,10,11,12,13)/t4-,5+/m0/s1. The van der Waals surface area contributed by atoms with Crippen LogP contribution >= 0.6 is 0 Å². The summed E-state index contributed by atoms with van der Waals surface area (Å²) in [5.41, 5.74) is 0. The van der Waals surface area contributed by atoms with Crippen molar-refractivity contribution in [3.8, 4) is 0 Å². The zero-order valence-electron chi connectivity index (χ0n) is 8.38. The molecule has 16 heavy (non-hydrogen) atoms. The van der Waals surface area contributed by atoms with E-state index in [1.807, 2.05) is 0 Å². The Kier molecular flexibility index (Phi) is 2.80. The first kappa shape index (κ1) is 10.5. The summed E-state index contributed by atoms with van der Waals surface area (Å²) in [6.45, 7) is 0. The van der Waals surface area contributed by atoms with Gasteiger partial charge in [-0.2, -0.15) is 5.21 Å². The number of carboxylic acid groups (broad SMARTS) is 1. The molecular weight excluding hydrogens is 214 g/mol. The Morgan fingerprint density at radius 2 is 2.25 bits per heavy atom. The molecule has 3 N–H and O–H groups in total. The highest BCUT2D eigenvalue weighted by Crippen LogP contribution is 2.25. The summed E-state index contributed by atoms with van der Waals surface area (Å²) < 4.78 is 0. The molecule has 1 saturated carbocycles. The first-order valence-corrected chi connectivity index (χ1v) is 4.95. The van der Waals surface area contributed by atoms with Crippen molar-refractivity contribution in [2.24, 2.45) is 5.92 Å². The predicted octanol–water partition coefficient (Wildman–Crippen LogP) is -0.817. The van der Waals surface area contributed by atoms with Crippen LogP contribution in [0.25, 0.3) is 0 Å². The number of aliphatic carboxylic acids is 1. The Bertz CT molecular complexity index is 390. The molecule has 1 aromatic heterocycles. The maximum atomic E-state index is 11.5. The average Bonchev–Trinajstić information content (AvgIpc) is 2.86. The van der Waals surface area contributed by atoms with Crippen molar-refractivity contribution in [2.45, 2.75) is 25.3 Å². The van der Waals surface area contributed by atoms with Gasteiger partial charge in [-0.3, -0.25) is 9.59 Å². The van der Waals surface area contributed by atoms with E-state index in [0.717, 1.165) is 6.42 Å². The minimum absolute atomic E-state index is 0.0731. The Morgan fingerprint density at radius 1 is 1.44 bits per heavy atom. The number of H-pyrrole nitrogens is 1. The van der Waals surface area contributed by atoms with Gasteiger partial charge in [-0.25, -0.2) is 0 Å². The molecular formula is C8H11N5O3. The molecule has 0 bridgehead atoms. The smallest absolute Gasteiger partial charge is 0.308 e. The van der Waals surface area contributed by atoms with Crippen LogP contribution in [0.3, 0.4) is 0 Å². The number of rotatable bonds is 3. The number of hydrogen-bond acceptors (Lipinski definition) is 5. The molecule has 1 aromatic rings. The summed E-state index contributed by atoms with van der Waals surface area (Å²) in [4.78, 5) is 22.4. The minimum Gasteiger partial charge on any atom is -0.481 e. The van der Waals surface area contributed by atoms with E-state index in [1.54, 1.807) is 0 Å². The zero-order chi connectivity index (χ0) is 11.5. The lowest BCUT2D eigenvalue weighted by atomic mass is 10.0. The molecule has 2 atom stereocenters. The molecule has 2 rings (SSSR count). The second-order valence-electron chi connectivity index (χ2n) is 3.69. The van der Waals surface area contributed by atoms with E-state index in [1.165, 1.54) is 0 Å². The van der Waals surface area contributed by atoms with E-state index in [0.29, 0.717) is 12.8 Å². The lowest BCUT2D eigenvalue weighted by Crippen LogP contribution is -2.40. The van der Waals surface area contributed by atoms with Crippen molar-refractivity contribution < 1.29 is 14.7 Å². The largest absolute Gasteiger partial charge is 0.481 e. The molecule has 1 heterocycles. The van der Waals surface area contributed by atoms with Crippen LogP contribution in [0.5, 0.6) is 0 Å². The number of aromatic nitrogens is 4. The van der Waals surface area contributed by atoms with Gasteiger partial charge in [-0.15, -0.1) is 10.2 Å². The number of tetrazole rings is 1. The number of aromatic amines is 1. The van der Waals surface area contributed by atoms with Crippen LogP contribution in [0.1, 0.15) is 29.9 Å². The number of nitrogens with zero attached hydrogens (tertiary/aromatic N) is 3. The van der Waals surface area contributed by atoms with E-state index in [4.69, 9.17) is 5.11 Å². The summed E-state index contributed by atoms with van der Waals surface area (Å²) in [6, 6.07) is -0.344. The third-order valence-electron chi connectivity index (χ3n) is 2.70. The SMILES string of the molecule is O=C(N[C@@H]1CCC[C@@H]1C(=O)O)c1nn[nH]n1. The van der Waals surface area contributed by atoms with Crippen molar-refractivity contribution in [2.75, 3.05) is 0 Å². The van der Waals surface area contributed by atoms with Crippen LogP contribution in [0, 0.1) is 5.92 Å². The van der Waals surface area contributed by atoms with Crippen molar-refractivity contribution in [1.29, 1.82) is 0 Å². The predicted molar refractivity (Wildman–Crippen MR) is 50.4 cm³/mol. The van der Waals surface area contributed by atoms with Crippen LogP contribution in [-0.4, -0.2) is 43.6 Å². The highest BCUT2D eigenvalue weighted by atomic mass is 16.4. The molecule has 8 nitrogen and oxygen atoms in total. The Morgan fingerprint density at radius 3 is 2.88 bits per heavy atom. The summed E-state index contributed by atoms with van der Waals surface area (Å²) in [7, 11) is 0. The monoisotopic (exact) mass is 225 g/mol. The zero-order valence-corrected chi connectivity index (χ0v) is 8.38. The first-order valence-electron chi connectivity index (χ1n) is 4.95. The highest BCUT2D eigenvalue weighted by Gasteiger charge is 2.34. The van der Waals surface area contributed by atoms with Gasteiger partial charge in [-0.05, 0) is 18.1 Å². The van der Waals surface area contributed by atoms with Crippen LogP contribution in [0.2, 0.25) is 0 Å². The van der Waals surface area contributed by atoms with Crippen molar-refractivity contribution in [1.82, 2.24) is 25.9 Å². The molecule has 86 valence electrons. The normalized spacial score (nSPS) is 24.2. The second kappa shape index (κ2) is 4.25. The van der Waals surface area contributed by atoms with Crippen LogP contribution < -0.4 is 5.32 Å². The van der Waals surface area contributed by atoms with E-state index in [2.05, 4.69) is 25.9 Å². The maximum Gasteiger partial charge on any atom is 0.308 e. The lowest BCUT2D eigenvalue weighted by molar-refractivity contribution is -0.142. The van der Waals surface area contributed by atoms with Gasteiger partial charge in [0, 0.05) is 6.04 Å². The number of amides is 1. The number of hydrogen-bond donors (Lipinski definition) is 3. The number of carbonyl (C=O) groups excluding carboxylic acids is 1. The van der Waals surface area contributed by atoms with E-state index in [9.17, 15) is 9.59 Å². The molecule has 0 aliphatic heterocycles. The van der Waals surface area contributed by atoms with Crippen LogP contribution in [-0.2, 0) is 4.79 Å². The molecule has 1 amide bonds. The van der Waals surface area contributed by atoms with E-state index >= 15 is 0 Å². The molecule has 8 heteroatoms. The van der Waals surface area contributed by atoms with Gasteiger partial charge in [0.05, 0.1) is 5.92 Å². The summed E-state index contributed by atoms with van der Waals surface area (Å²) in [6.07, 6.45) is 2.06. The third kappa shape index (κ3) is 2.00. The minimum atomic E-state index is -0.879. The number of nitrogens with one attached hydrogen (secondary N) is 2. The molecule has 0 radical (unpaired) electrons. The molecule has 0 spiro atoms.